The first-order valence-corrected chi connectivity index (χ1v) is 6.25. The number of nitrogens with zero attached hydrogens (tertiary/aromatic N) is 2. The van der Waals surface area contributed by atoms with Gasteiger partial charge in [-0.25, -0.2) is 4.98 Å². The van der Waals surface area contributed by atoms with E-state index in [1.807, 2.05) is 4.90 Å². The summed E-state index contributed by atoms with van der Waals surface area (Å²) in [6.07, 6.45) is 4.44. The van der Waals surface area contributed by atoms with Gasteiger partial charge in [-0.3, -0.25) is 4.79 Å². The summed E-state index contributed by atoms with van der Waals surface area (Å²) >= 11 is 5.71. The first kappa shape index (κ1) is 12.4. The smallest absolute Gasteiger partial charge is 0.223 e. The summed E-state index contributed by atoms with van der Waals surface area (Å²) in [5.74, 6) is 0.932. The number of hydrogen-bond donors (Lipinski definition) is 2. The Labute approximate surface area is 105 Å². The van der Waals surface area contributed by atoms with E-state index in [0.717, 1.165) is 31.8 Å². The first-order chi connectivity index (χ1) is 8.15. The van der Waals surface area contributed by atoms with E-state index in [0.29, 0.717) is 18.0 Å². The Bertz CT molecular complexity index is 385. The van der Waals surface area contributed by atoms with Crippen molar-refractivity contribution in [3.63, 3.8) is 0 Å². The Morgan fingerprint density at radius 3 is 2.88 bits per heavy atom. The maximum Gasteiger partial charge on any atom is 0.223 e. The predicted octanol–water partition coefficient (Wildman–Crippen LogP) is 0.945. The predicted molar refractivity (Wildman–Crippen MR) is 65.7 cm³/mol. The summed E-state index contributed by atoms with van der Waals surface area (Å²) in [7, 11) is 0. The van der Waals surface area contributed by atoms with E-state index < -0.39 is 0 Å². The molecule has 0 spiro atoms. The summed E-state index contributed by atoms with van der Waals surface area (Å²) < 4.78 is 0. The van der Waals surface area contributed by atoms with Crippen LogP contribution in [0.2, 0.25) is 5.15 Å². The second-order valence-electron chi connectivity index (χ2n) is 4.40. The number of H-pyrrole nitrogens is 1. The summed E-state index contributed by atoms with van der Waals surface area (Å²) in [6, 6.07) is 0.253. The van der Waals surface area contributed by atoms with Gasteiger partial charge in [-0.2, -0.15) is 0 Å². The molecule has 2 rings (SSSR count). The molecule has 1 aromatic heterocycles. The van der Waals surface area contributed by atoms with E-state index in [1.165, 1.54) is 0 Å². The molecule has 2 heterocycles. The van der Waals surface area contributed by atoms with Crippen molar-refractivity contribution in [3.05, 3.63) is 17.2 Å². The highest BCUT2D eigenvalue weighted by Crippen LogP contribution is 2.11. The maximum absolute atomic E-state index is 11.9. The highest BCUT2D eigenvalue weighted by Gasteiger charge is 2.20. The van der Waals surface area contributed by atoms with Gasteiger partial charge in [0.1, 0.15) is 11.0 Å². The van der Waals surface area contributed by atoms with E-state index in [2.05, 4.69) is 9.97 Å². The number of aromatic amines is 1. The molecule has 3 N–H and O–H groups in total. The second kappa shape index (κ2) is 5.51. The molecule has 0 radical (unpaired) electrons. The van der Waals surface area contributed by atoms with Gasteiger partial charge in [0.25, 0.3) is 0 Å². The maximum atomic E-state index is 11.9. The van der Waals surface area contributed by atoms with Crippen molar-refractivity contribution in [2.45, 2.75) is 31.7 Å². The molecule has 5 nitrogen and oxygen atoms in total. The number of carbonyl (C=O) groups is 1. The molecule has 1 aliphatic rings. The molecule has 94 valence electrons. The van der Waals surface area contributed by atoms with E-state index in [9.17, 15) is 4.79 Å². The summed E-state index contributed by atoms with van der Waals surface area (Å²) in [5, 5.41) is 0.511. The molecule has 0 aromatic carbocycles. The molecule has 0 unspecified atom stereocenters. The van der Waals surface area contributed by atoms with Gasteiger partial charge < -0.3 is 15.6 Å². The number of nitrogens with one attached hydrogen (secondary N) is 1. The SMILES string of the molecule is NC1CCN(C(=O)CCc2ncc(Cl)[nH]2)CC1. The molecule has 6 heteroatoms. The van der Waals surface area contributed by atoms with Gasteiger partial charge >= 0.3 is 0 Å². The summed E-state index contributed by atoms with van der Waals surface area (Å²) in [5.41, 5.74) is 5.80. The van der Waals surface area contributed by atoms with Gasteiger partial charge in [-0.05, 0) is 12.8 Å². The lowest BCUT2D eigenvalue weighted by atomic mass is 10.1. The monoisotopic (exact) mass is 256 g/mol. The number of nitrogens with two attached hydrogens (primary N) is 1. The Kier molecular flexibility index (Phi) is 4.02. The summed E-state index contributed by atoms with van der Waals surface area (Å²) in [6.45, 7) is 1.55. The van der Waals surface area contributed by atoms with E-state index in [4.69, 9.17) is 17.3 Å². The third-order valence-electron chi connectivity index (χ3n) is 3.07. The Morgan fingerprint density at radius 2 is 2.29 bits per heavy atom. The van der Waals surface area contributed by atoms with Crippen molar-refractivity contribution >= 4 is 17.5 Å². The molecule has 1 fully saturated rings. The van der Waals surface area contributed by atoms with Gasteiger partial charge in [0, 0.05) is 32.0 Å². The number of carbonyl (C=O) groups excluding carboxylic acids is 1. The van der Waals surface area contributed by atoms with Crippen LogP contribution in [0, 0.1) is 0 Å². The number of imidazole rings is 1. The molecule has 1 aromatic rings. The summed E-state index contributed by atoms with van der Waals surface area (Å²) in [4.78, 5) is 20.7. The van der Waals surface area contributed by atoms with Crippen LogP contribution in [-0.2, 0) is 11.2 Å². The molecular formula is C11H17ClN4O. The van der Waals surface area contributed by atoms with Crippen LogP contribution in [0.3, 0.4) is 0 Å². The standard InChI is InChI=1S/C11H17ClN4O/c12-9-7-14-10(15-9)1-2-11(17)16-5-3-8(13)4-6-16/h7-8H,1-6,13H2,(H,14,15). The Balaban J connectivity index is 1.77. The van der Waals surface area contributed by atoms with Crippen LogP contribution >= 0.6 is 11.6 Å². The van der Waals surface area contributed by atoms with E-state index in [1.54, 1.807) is 6.20 Å². The molecule has 0 bridgehead atoms. The fourth-order valence-electron chi connectivity index (χ4n) is 2.00. The minimum Gasteiger partial charge on any atom is -0.343 e. The van der Waals surface area contributed by atoms with Crippen LogP contribution in [0.1, 0.15) is 25.1 Å². The topological polar surface area (TPSA) is 75.0 Å². The molecule has 0 saturated carbocycles. The van der Waals surface area contributed by atoms with Gasteiger partial charge in [0.05, 0.1) is 6.20 Å². The molecule has 17 heavy (non-hydrogen) atoms. The number of aromatic nitrogens is 2. The van der Waals surface area contributed by atoms with Crippen LogP contribution in [0.5, 0.6) is 0 Å². The quantitative estimate of drug-likeness (QED) is 0.845. The largest absolute Gasteiger partial charge is 0.343 e. The second-order valence-corrected chi connectivity index (χ2v) is 4.80. The van der Waals surface area contributed by atoms with Crippen LogP contribution in [0.4, 0.5) is 0 Å². The van der Waals surface area contributed by atoms with Gasteiger partial charge in [-0.15, -0.1) is 0 Å². The van der Waals surface area contributed by atoms with Crippen LogP contribution in [-0.4, -0.2) is 39.9 Å². The normalized spacial score (nSPS) is 17.4. The third-order valence-corrected chi connectivity index (χ3v) is 3.26. The number of likely N-dealkylation sites (tertiary alicyclic amines) is 1. The lowest BCUT2D eigenvalue weighted by Gasteiger charge is -2.30. The van der Waals surface area contributed by atoms with E-state index >= 15 is 0 Å². The zero-order valence-corrected chi connectivity index (χ0v) is 10.4. The number of hydrogen-bond acceptors (Lipinski definition) is 3. The van der Waals surface area contributed by atoms with Gasteiger partial charge in [0.2, 0.25) is 5.91 Å². The molecule has 0 atom stereocenters. The average molecular weight is 257 g/mol. The van der Waals surface area contributed by atoms with Crippen molar-refractivity contribution < 1.29 is 4.79 Å². The molecule has 1 aliphatic heterocycles. The van der Waals surface area contributed by atoms with Crippen molar-refractivity contribution in [2.75, 3.05) is 13.1 Å². The molecule has 1 saturated heterocycles. The number of piperidine rings is 1. The first-order valence-electron chi connectivity index (χ1n) is 5.88. The highest BCUT2D eigenvalue weighted by atomic mass is 35.5. The van der Waals surface area contributed by atoms with Crippen molar-refractivity contribution in [3.8, 4) is 0 Å². The number of aryl methyl sites for hydroxylation is 1. The molecule has 1 amide bonds. The lowest BCUT2D eigenvalue weighted by molar-refractivity contribution is -0.132. The Morgan fingerprint density at radius 1 is 1.59 bits per heavy atom. The van der Waals surface area contributed by atoms with Gasteiger partial charge in [-0.1, -0.05) is 11.6 Å². The fourth-order valence-corrected chi connectivity index (χ4v) is 2.15. The number of halogens is 1. The zero-order valence-electron chi connectivity index (χ0n) is 9.66. The minimum atomic E-state index is 0.171. The van der Waals surface area contributed by atoms with Crippen molar-refractivity contribution in [1.82, 2.24) is 14.9 Å². The van der Waals surface area contributed by atoms with Crippen LogP contribution in [0.15, 0.2) is 6.20 Å². The number of amides is 1. The highest BCUT2D eigenvalue weighted by molar-refractivity contribution is 6.29. The van der Waals surface area contributed by atoms with Crippen LogP contribution in [0.25, 0.3) is 0 Å². The van der Waals surface area contributed by atoms with Crippen molar-refractivity contribution in [1.29, 1.82) is 0 Å². The lowest BCUT2D eigenvalue weighted by Crippen LogP contribution is -2.42. The Hall–Kier alpha value is -1.07. The minimum absolute atomic E-state index is 0.171. The third kappa shape index (κ3) is 3.44. The van der Waals surface area contributed by atoms with E-state index in [-0.39, 0.29) is 11.9 Å². The fraction of sp³-hybridized carbons (Fsp3) is 0.636. The molecule has 0 aliphatic carbocycles. The number of rotatable bonds is 3. The van der Waals surface area contributed by atoms with Crippen molar-refractivity contribution in [2.24, 2.45) is 5.73 Å². The van der Waals surface area contributed by atoms with Gasteiger partial charge in [0.15, 0.2) is 0 Å². The van der Waals surface area contributed by atoms with Crippen LogP contribution < -0.4 is 5.73 Å². The molecular weight excluding hydrogens is 240 g/mol. The average Bonchev–Trinajstić information content (AvgIpc) is 2.73. The zero-order chi connectivity index (χ0) is 12.3.